The highest BCUT2D eigenvalue weighted by Crippen LogP contribution is 2.39. The van der Waals surface area contributed by atoms with Crippen molar-refractivity contribution >= 4 is 33.0 Å². The quantitative estimate of drug-likeness (QED) is 0.257. The van der Waals surface area contributed by atoms with E-state index in [0.29, 0.717) is 42.1 Å². The molecule has 1 amide bonds. The van der Waals surface area contributed by atoms with Crippen LogP contribution in [0.15, 0.2) is 42.5 Å². The normalized spacial score (nSPS) is 24.3. The Hall–Kier alpha value is -2.08. The third-order valence-electron chi connectivity index (χ3n) is 8.95. The van der Waals surface area contributed by atoms with Gasteiger partial charge in [0.1, 0.15) is 15.7 Å². The molecule has 0 aromatic heterocycles. The number of hydrogen-bond acceptors (Lipinski definition) is 7. The zero-order chi connectivity index (χ0) is 31.0. The molecular formula is C32H46ClFN4O4S. The van der Waals surface area contributed by atoms with E-state index in [0.717, 1.165) is 44.2 Å². The Morgan fingerprint density at radius 1 is 1.12 bits per heavy atom. The molecule has 1 heterocycles. The maximum atomic E-state index is 15.1. The van der Waals surface area contributed by atoms with Crippen LogP contribution in [0.25, 0.3) is 0 Å². The number of hydrogen-bond donors (Lipinski definition) is 4. The largest absolute Gasteiger partial charge is 0.381 e. The Morgan fingerprint density at radius 2 is 1.81 bits per heavy atom. The fraction of sp³-hybridized carbons (Fsp3) is 0.594. The molecule has 3 unspecified atom stereocenters. The van der Waals surface area contributed by atoms with E-state index in [1.165, 1.54) is 12.3 Å². The molecule has 5 N–H and O–H groups in total. The summed E-state index contributed by atoms with van der Waals surface area (Å²) < 4.78 is 43.6. The summed E-state index contributed by atoms with van der Waals surface area (Å²) in [7, 11) is -1.23. The van der Waals surface area contributed by atoms with E-state index < -0.39 is 15.9 Å². The third-order valence-corrected chi connectivity index (χ3v) is 10.2. The number of rotatable bonds is 13. The van der Waals surface area contributed by atoms with Crippen LogP contribution in [0.5, 0.6) is 0 Å². The number of ether oxygens (including phenoxy) is 1. The predicted molar refractivity (Wildman–Crippen MR) is 171 cm³/mol. The minimum absolute atomic E-state index is 0.129. The molecule has 11 heteroatoms. The first-order chi connectivity index (χ1) is 20.5. The zero-order valence-corrected chi connectivity index (χ0v) is 26.7. The van der Waals surface area contributed by atoms with Crippen LogP contribution in [0.1, 0.15) is 62.0 Å². The first-order valence-electron chi connectivity index (χ1n) is 15.3. The highest BCUT2D eigenvalue weighted by Gasteiger charge is 2.36. The van der Waals surface area contributed by atoms with Crippen LogP contribution >= 0.6 is 11.6 Å². The maximum Gasteiger partial charge on any atom is 0.241 e. The summed E-state index contributed by atoms with van der Waals surface area (Å²) >= 11 is 6.16. The number of methoxy groups -OCH3 is 1. The Balaban J connectivity index is 1.39. The molecule has 1 saturated heterocycles. The molecule has 238 valence electrons. The van der Waals surface area contributed by atoms with E-state index in [1.807, 2.05) is 24.3 Å². The first-order valence-corrected chi connectivity index (χ1v) is 17.7. The third kappa shape index (κ3) is 9.96. The molecule has 1 aliphatic heterocycles. The van der Waals surface area contributed by atoms with Gasteiger partial charge in [0, 0.05) is 66.5 Å². The minimum atomic E-state index is -2.96. The zero-order valence-electron chi connectivity index (χ0n) is 25.2. The number of halogens is 2. The van der Waals surface area contributed by atoms with E-state index >= 15 is 4.39 Å². The molecule has 8 nitrogen and oxygen atoms in total. The lowest BCUT2D eigenvalue weighted by Crippen LogP contribution is -2.54. The first kappa shape index (κ1) is 33.8. The summed E-state index contributed by atoms with van der Waals surface area (Å²) in [6.45, 7) is 1.43. The van der Waals surface area contributed by atoms with E-state index in [1.54, 1.807) is 19.2 Å². The van der Waals surface area contributed by atoms with Gasteiger partial charge in [-0.3, -0.25) is 4.79 Å². The van der Waals surface area contributed by atoms with Crippen LogP contribution in [0.4, 0.5) is 10.1 Å². The molecule has 0 spiro atoms. The molecule has 0 bridgehead atoms. The van der Waals surface area contributed by atoms with Gasteiger partial charge in [-0.1, -0.05) is 36.2 Å². The van der Waals surface area contributed by atoms with Gasteiger partial charge in [0.15, 0.2) is 0 Å². The molecular weight excluding hydrogens is 591 g/mol. The Bertz CT molecular complexity index is 1300. The monoisotopic (exact) mass is 636 g/mol. The van der Waals surface area contributed by atoms with Crippen LogP contribution in [0.2, 0.25) is 5.02 Å². The smallest absolute Gasteiger partial charge is 0.241 e. The second-order valence-corrected chi connectivity index (χ2v) is 14.9. The number of sulfone groups is 1. The number of anilines is 1. The predicted octanol–water partition coefficient (Wildman–Crippen LogP) is 4.42. The molecule has 2 aromatic carbocycles. The highest BCUT2D eigenvalue weighted by atomic mass is 35.5. The number of carbonyl (C=O) groups is 1. The van der Waals surface area contributed by atoms with Crippen molar-refractivity contribution in [2.24, 2.45) is 11.7 Å². The topological polar surface area (TPSA) is 123 Å². The van der Waals surface area contributed by atoms with Gasteiger partial charge in [-0.25, -0.2) is 12.8 Å². The molecule has 6 atom stereocenters. The van der Waals surface area contributed by atoms with Gasteiger partial charge in [0.2, 0.25) is 5.91 Å². The van der Waals surface area contributed by atoms with E-state index in [9.17, 15) is 13.2 Å². The second kappa shape index (κ2) is 15.8. The fourth-order valence-electron chi connectivity index (χ4n) is 6.57. The van der Waals surface area contributed by atoms with Crippen LogP contribution in [0.3, 0.4) is 0 Å². The molecule has 2 aromatic rings. The number of nitrogens with one attached hydrogen (secondary N) is 3. The van der Waals surface area contributed by atoms with Crippen molar-refractivity contribution in [3.8, 4) is 0 Å². The van der Waals surface area contributed by atoms with Crippen molar-refractivity contribution < 1.29 is 22.3 Å². The standard InChI is InChI=1S/C32H46ClFN4O4S/c1-42-26-8-3-6-22(18-26)30(21-11-13-23(33)14-12-21)31(35)32(39)38-29-10-4-9-28(34)27(29)16-15-25-20-36-24(19-37-25)7-5-17-43(2,40)41/h4,9-14,22,24-26,30-31,36-37H,3,5-8,15-20,35H2,1-2H3,(H,38,39)/t22?,24?,25-,26?,30-,31-/m0/s1. The van der Waals surface area contributed by atoms with Crippen molar-refractivity contribution in [2.45, 2.75) is 81.5 Å². The van der Waals surface area contributed by atoms with Crippen LogP contribution in [-0.2, 0) is 25.8 Å². The Morgan fingerprint density at radius 3 is 2.47 bits per heavy atom. The van der Waals surface area contributed by atoms with E-state index in [4.69, 9.17) is 22.1 Å². The van der Waals surface area contributed by atoms with E-state index in [-0.39, 0.29) is 47.5 Å². The highest BCUT2D eigenvalue weighted by molar-refractivity contribution is 7.90. The van der Waals surface area contributed by atoms with Crippen molar-refractivity contribution in [2.75, 3.05) is 37.5 Å². The number of nitrogens with two attached hydrogens (primary N) is 1. The Labute approximate surface area is 260 Å². The molecule has 2 fully saturated rings. The van der Waals surface area contributed by atoms with Gasteiger partial charge in [-0.15, -0.1) is 0 Å². The van der Waals surface area contributed by atoms with Crippen molar-refractivity contribution in [3.63, 3.8) is 0 Å². The summed E-state index contributed by atoms with van der Waals surface area (Å²) in [4.78, 5) is 13.7. The van der Waals surface area contributed by atoms with Gasteiger partial charge in [0.05, 0.1) is 12.1 Å². The number of piperazine rings is 1. The molecule has 2 aliphatic rings. The van der Waals surface area contributed by atoms with Crippen LogP contribution in [0, 0.1) is 11.7 Å². The summed E-state index contributed by atoms with van der Waals surface area (Å²) in [5, 5.41) is 10.6. The second-order valence-electron chi connectivity index (χ2n) is 12.2. The van der Waals surface area contributed by atoms with E-state index in [2.05, 4.69) is 16.0 Å². The molecule has 4 rings (SSSR count). The van der Waals surface area contributed by atoms with Gasteiger partial charge < -0.3 is 26.4 Å². The molecule has 1 saturated carbocycles. The lowest BCUT2D eigenvalue weighted by Gasteiger charge is -2.37. The number of benzene rings is 2. The van der Waals surface area contributed by atoms with Gasteiger partial charge >= 0.3 is 0 Å². The van der Waals surface area contributed by atoms with Crippen LogP contribution in [-0.4, -0.2) is 70.8 Å². The number of carbonyl (C=O) groups excluding carboxylic acids is 1. The number of amides is 1. The van der Waals surface area contributed by atoms with Gasteiger partial charge in [-0.2, -0.15) is 0 Å². The average Bonchev–Trinajstić information content (AvgIpc) is 2.98. The summed E-state index contributed by atoms with van der Waals surface area (Å²) in [6, 6.07) is 11.8. The summed E-state index contributed by atoms with van der Waals surface area (Å²) in [6.07, 6.45) is 7.65. The van der Waals surface area contributed by atoms with Crippen molar-refractivity contribution in [1.29, 1.82) is 0 Å². The minimum Gasteiger partial charge on any atom is -0.381 e. The lowest BCUT2D eigenvalue weighted by atomic mass is 9.72. The maximum absolute atomic E-state index is 15.1. The van der Waals surface area contributed by atoms with Crippen molar-refractivity contribution in [3.05, 3.63) is 64.4 Å². The lowest BCUT2D eigenvalue weighted by molar-refractivity contribution is -0.118. The average molecular weight is 637 g/mol. The SMILES string of the molecule is COC1CCCC([C@H](c2ccc(Cl)cc2)[C@H](N)C(=O)Nc2cccc(F)c2CC[C@H]2CNC(CCCS(C)(=O)=O)CN2)C1. The van der Waals surface area contributed by atoms with Gasteiger partial charge in [-0.05, 0) is 80.7 Å². The molecule has 0 radical (unpaired) electrons. The van der Waals surface area contributed by atoms with Crippen LogP contribution < -0.4 is 21.7 Å². The summed E-state index contributed by atoms with van der Waals surface area (Å²) in [5.41, 5.74) is 8.57. The summed E-state index contributed by atoms with van der Waals surface area (Å²) in [5.74, 6) is -0.601. The molecule has 1 aliphatic carbocycles. The fourth-order valence-corrected chi connectivity index (χ4v) is 7.39. The Kier molecular flexibility index (Phi) is 12.4. The molecule has 43 heavy (non-hydrogen) atoms. The van der Waals surface area contributed by atoms with Crippen molar-refractivity contribution in [1.82, 2.24) is 10.6 Å². The van der Waals surface area contributed by atoms with Gasteiger partial charge in [0.25, 0.3) is 0 Å².